The van der Waals surface area contributed by atoms with E-state index in [1.807, 2.05) is 6.07 Å². The minimum atomic E-state index is -0.0105. The van der Waals surface area contributed by atoms with Crippen LogP contribution >= 0.6 is 0 Å². The first-order chi connectivity index (χ1) is 9.15. The highest BCUT2D eigenvalue weighted by Crippen LogP contribution is 2.22. The molecule has 1 aromatic heterocycles. The van der Waals surface area contributed by atoms with Gasteiger partial charge in [-0.2, -0.15) is 0 Å². The van der Waals surface area contributed by atoms with Gasteiger partial charge >= 0.3 is 0 Å². The number of hydrogen-bond donors (Lipinski definition) is 3. The van der Waals surface area contributed by atoms with Gasteiger partial charge in [-0.15, -0.1) is 0 Å². The summed E-state index contributed by atoms with van der Waals surface area (Å²) in [5.41, 5.74) is 4.08. The lowest BCUT2D eigenvalue weighted by atomic mass is 10.1. The van der Waals surface area contributed by atoms with Crippen LogP contribution in [0.25, 0.3) is 10.9 Å². The zero-order valence-electron chi connectivity index (χ0n) is 11.3. The van der Waals surface area contributed by atoms with E-state index >= 15 is 0 Å². The van der Waals surface area contributed by atoms with Crippen molar-refractivity contribution >= 4 is 16.8 Å². The predicted molar refractivity (Wildman–Crippen MR) is 76.5 cm³/mol. The summed E-state index contributed by atoms with van der Waals surface area (Å²) < 4.78 is 0. The summed E-state index contributed by atoms with van der Waals surface area (Å²) >= 11 is 0. The van der Waals surface area contributed by atoms with Gasteiger partial charge in [-0.05, 0) is 44.0 Å². The number of aromatic amines is 1. The van der Waals surface area contributed by atoms with Gasteiger partial charge in [0.2, 0.25) is 0 Å². The number of amides is 1. The molecule has 2 heterocycles. The summed E-state index contributed by atoms with van der Waals surface area (Å²) in [6.07, 6.45) is 1.00. The Morgan fingerprint density at radius 1 is 1.32 bits per heavy atom. The van der Waals surface area contributed by atoms with E-state index in [9.17, 15) is 4.79 Å². The minimum Gasteiger partial charge on any atom is -0.350 e. The molecular formula is C15H19N3O. The SMILES string of the molecule is Cc1ccc(C)c2[nH]c(C(=O)NC3CCNC3)cc12. The Morgan fingerprint density at radius 2 is 2.11 bits per heavy atom. The van der Waals surface area contributed by atoms with Crippen molar-refractivity contribution < 1.29 is 4.79 Å². The Hall–Kier alpha value is -1.81. The van der Waals surface area contributed by atoms with Crippen molar-refractivity contribution in [2.24, 2.45) is 0 Å². The number of fused-ring (bicyclic) bond motifs is 1. The lowest BCUT2D eigenvalue weighted by molar-refractivity contribution is 0.0936. The van der Waals surface area contributed by atoms with Crippen LogP contribution in [0.1, 0.15) is 28.0 Å². The number of hydrogen-bond acceptors (Lipinski definition) is 2. The fraction of sp³-hybridized carbons (Fsp3) is 0.400. The van der Waals surface area contributed by atoms with Crippen molar-refractivity contribution in [1.82, 2.24) is 15.6 Å². The Balaban J connectivity index is 1.90. The van der Waals surface area contributed by atoms with E-state index in [4.69, 9.17) is 0 Å². The number of aromatic nitrogens is 1. The number of benzene rings is 1. The molecule has 19 heavy (non-hydrogen) atoms. The maximum Gasteiger partial charge on any atom is 0.267 e. The topological polar surface area (TPSA) is 56.9 Å². The van der Waals surface area contributed by atoms with Gasteiger partial charge in [0, 0.05) is 23.5 Å². The van der Waals surface area contributed by atoms with Crippen molar-refractivity contribution in [2.45, 2.75) is 26.3 Å². The van der Waals surface area contributed by atoms with Crippen molar-refractivity contribution in [1.29, 1.82) is 0 Å². The summed E-state index contributed by atoms with van der Waals surface area (Å²) in [6.45, 7) is 5.97. The minimum absolute atomic E-state index is 0.0105. The van der Waals surface area contributed by atoms with Gasteiger partial charge in [-0.1, -0.05) is 12.1 Å². The molecule has 1 aliphatic heterocycles. The first-order valence-corrected chi connectivity index (χ1v) is 6.75. The van der Waals surface area contributed by atoms with Crippen LogP contribution in [0.15, 0.2) is 18.2 Å². The largest absolute Gasteiger partial charge is 0.350 e. The third kappa shape index (κ3) is 2.24. The highest BCUT2D eigenvalue weighted by molar-refractivity contribution is 5.99. The normalized spacial score (nSPS) is 18.9. The van der Waals surface area contributed by atoms with E-state index in [0.717, 1.165) is 30.4 Å². The van der Waals surface area contributed by atoms with Crippen molar-refractivity contribution in [2.75, 3.05) is 13.1 Å². The van der Waals surface area contributed by atoms with Crippen LogP contribution in [0.2, 0.25) is 0 Å². The standard InChI is InChI=1S/C15H19N3O/c1-9-3-4-10(2)14-12(9)7-13(18-14)15(19)17-11-5-6-16-8-11/h3-4,7,11,16,18H,5-6,8H2,1-2H3,(H,17,19). The third-order valence-corrected chi connectivity index (χ3v) is 3.86. The average molecular weight is 257 g/mol. The van der Waals surface area contributed by atoms with E-state index < -0.39 is 0 Å². The number of H-pyrrole nitrogens is 1. The molecule has 100 valence electrons. The van der Waals surface area contributed by atoms with Gasteiger partial charge in [0.15, 0.2) is 0 Å². The third-order valence-electron chi connectivity index (χ3n) is 3.86. The maximum absolute atomic E-state index is 12.2. The first-order valence-electron chi connectivity index (χ1n) is 6.75. The molecule has 3 rings (SSSR count). The first kappa shape index (κ1) is 12.2. The Kier molecular flexibility index (Phi) is 3.03. The smallest absolute Gasteiger partial charge is 0.267 e. The second-order valence-corrected chi connectivity index (χ2v) is 5.33. The van der Waals surface area contributed by atoms with Crippen molar-refractivity contribution in [3.8, 4) is 0 Å². The Bertz CT molecular complexity index is 585. The van der Waals surface area contributed by atoms with E-state index in [1.54, 1.807) is 0 Å². The number of rotatable bonds is 2. The van der Waals surface area contributed by atoms with Gasteiger partial charge in [-0.3, -0.25) is 4.79 Å². The van der Waals surface area contributed by atoms with Gasteiger partial charge in [-0.25, -0.2) is 0 Å². The lowest BCUT2D eigenvalue weighted by Crippen LogP contribution is -2.36. The molecule has 1 fully saturated rings. The summed E-state index contributed by atoms with van der Waals surface area (Å²) in [5.74, 6) is -0.0105. The van der Waals surface area contributed by atoms with Crippen molar-refractivity contribution in [3.05, 3.63) is 35.0 Å². The Labute approximate surface area is 112 Å². The lowest BCUT2D eigenvalue weighted by Gasteiger charge is -2.09. The molecule has 1 saturated heterocycles. The fourth-order valence-corrected chi connectivity index (χ4v) is 2.66. The molecule has 4 nitrogen and oxygen atoms in total. The average Bonchev–Trinajstić information content (AvgIpc) is 3.02. The molecule has 1 atom stereocenters. The molecule has 1 aromatic carbocycles. The van der Waals surface area contributed by atoms with Crippen LogP contribution in [0.3, 0.4) is 0 Å². The summed E-state index contributed by atoms with van der Waals surface area (Å²) in [5, 5.41) is 7.45. The maximum atomic E-state index is 12.2. The molecule has 2 aromatic rings. The molecule has 4 heteroatoms. The zero-order chi connectivity index (χ0) is 13.4. The van der Waals surface area contributed by atoms with Crippen LogP contribution < -0.4 is 10.6 Å². The van der Waals surface area contributed by atoms with E-state index in [1.165, 1.54) is 11.1 Å². The molecule has 3 N–H and O–H groups in total. The van der Waals surface area contributed by atoms with Crippen LogP contribution in [0, 0.1) is 13.8 Å². The number of carbonyl (C=O) groups is 1. The summed E-state index contributed by atoms with van der Waals surface area (Å²) in [4.78, 5) is 15.5. The summed E-state index contributed by atoms with van der Waals surface area (Å²) in [7, 11) is 0. The van der Waals surface area contributed by atoms with Crippen LogP contribution in [0.5, 0.6) is 0 Å². The number of nitrogens with one attached hydrogen (secondary N) is 3. The predicted octanol–water partition coefficient (Wildman–Crippen LogP) is 1.88. The highest BCUT2D eigenvalue weighted by Gasteiger charge is 2.19. The highest BCUT2D eigenvalue weighted by atomic mass is 16.1. The zero-order valence-corrected chi connectivity index (χ0v) is 11.3. The molecule has 0 radical (unpaired) electrons. The molecule has 0 bridgehead atoms. The van der Waals surface area contributed by atoms with Crippen LogP contribution in [-0.4, -0.2) is 30.0 Å². The van der Waals surface area contributed by atoms with Gasteiger partial charge in [0.25, 0.3) is 5.91 Å². The van der Waals surface area contributed by atoms with Gasteiger partial charge in [0.1, 0.15) is 5.69 Å². The quantitative estimate of drug-likeness (QED) is 0.769. The van der Waals surface area contributed by atoms with Gasteiger partial charge < -0.3 is 15.6 Å². The monoisotopic (exact) mass is 257 g/mol. The van der Waals surface area contributed by atoms with Gasteiger partial charge in [0.05, 0.1) is 0 Å². The Morgan fingerprint density at radius 3 is 2.79 bits per heavy atom. The molecule has 1 aliphatic rings. The van der Waals surface area contributed by atoms with E-state index in [-0.39, 0.29) is 11.9 Å². The van der Waals surface area contributed by atoms with Crippen LogP contribution in [0.4, 0.5) is 0 Å². The molecule has 0 saturated carbocycles. The van der Waals surface area contributed by atoms with Crippen LogP contribution in [-0.2, 0) is 0 Å². The second kappa shape index (κ2) is 4.70. The molecule has 1 amide bonds. The number of aryl methyl sites for hydroxylation is 2. The molecule has 0 spiro atoms. The van der Waals surface area contributed by atoms with Crippen molar-refractivity contribution in [3.63, 3.8) is 0 Å². The van der Waals surface area contributed by atoms with E-state index in [2.05, 4.69) is 41.6 Å². The molecule has 0 aliphatic carbocycles. The molecule has 1 unspecified atom stereocenters. The second-order valence-electron chi connectivity index (χ2n) is 5.33. The number of carbonyl (C=O) groups excluding carboxylic acids is 1. The van der Waals surface area contributed by atoms with E-state index in [0.29, 0.717) is 5.69 Å². The summed E-state index contributed by atoms with van der Waals surface area (Å²) in [6, 6.07) is 6.38. The fourth-order valence-electron chi connectivity index (χ4n) is 2.66. The molecular weight excluding hydrogens is 238 g/mol.